The van der Waals surface area contributed by atoms with Crippen molar-refractivity contribution in [3.8, 4) is 6.07 Å². The Morgan fingerprint density at radius 1 is 1.50 bits per heavy atom. The standard InChI is InChI=1S/C13H17N3O2/c1-3-16(7-8-18-4-2)13(17)12-6-5-11(9-14)10-15-12/h5-6,10H,3-4,7-8H2,1-2H3. The van der Waals surface area contributed by atoms with Crippen molar-refractivity contribution in [2.75, 3.05) is 26.3 Å². The third kappa shape index (κ3) is 3.82. The molecule has 1 heterocycles. The van der Waals surface area contributed by atoms with Crippen LogP contribution in [0.5, 0.6) is 0 Å². The number of rotatable bonds is 6. The first kappa shape index (κ1) is 14.1. The van der Waals surface area contributed by atoms with Gasteiger partial charge < -0.3 is 9.64 Å². The zero-order valence-electron chi connectivity index (χ0n) is 10.7. The number of hydrogen-bond acceptors (Lipinski definition) is 4. The van der Waals surface area contributed by atoms with Crippen LogP contribution in [0.1, 0.15) is 29.9 Å². The fourth-order valence-electron chi connectivity index (χ4n) is 1.47. The monoisotopic (exact) mass is 247 g/mol. The van der Waals surface area contributed by atoms with Gasteiger partial charge in [0.2, 0.25) is 0 Å². The van der Waals surface area contributed by atoms with Crippen LogP contribution >= 0.6 is 0 Å². The Morgan fingerprint density at radius 2 is 2.28 bits per heavy atom. The van der Waals surface area contributed by atoms with Crippen molar-refractivity contribution in [2.45, 2.75) is 13.8 Å². The van der Waals surface area contributed by atoms with E-state index in [2.05, 4.69) is 4.98 Å². The molecule has 0 atom stereocenters. The summed E-state index contributed by atoms with van der Waals surface area (Å²) in [4.78, 5) is 17.8. The molecular weight excluding hydrogens is 230 g/mol. The van der Waals surface area contributed by atoms with Crippen LogP contribution in [0.25, 0.3) is 0 Å². The topological polar surface area (TPSA) is 66.2 Å². The quantitative estimate of drug-likeness (QED) is 0.714. The van der Waals surface area contributed by atoms with Gasteiger partial charge in [0.15, 0.2) is 0 Å². The van der Waals surface area contributed by atoms with Gasteiger partial charge in [-0.05, 0) is 26.0 Å². The number of aromatic nitrogens is 1. The van der Waals surface area contributed by atoms with Crippen molar-refractivity contribution < 1.29 is 9.53 Å². The molecule has 0 aliphatic rings. The van der Waals surface area contributed by atoms with Gasteiger partial charge in [0.05, 0.1) is 12.2 Å². The number of likely N-dealkylation sites (N-methyl/N-ethyl adjacent to an activating group) is 1. The van der Waals surface area contributed by atoms with Gasteiger partial charge in [-0.25, -0.2) is 4.98 Å². The predicted molar refractivity (Wildman–Crippen MR) is 67.0 cm³/mol. The van der Waals surface area contributed by atoms with E-state index in [0.717, 1.165) is 0 Å². The average Bonchev–Trinajstić information content (AvgIpc) is 2.43. The van der Waals surface area contributed by atoms with Gasteiger partial charge >= 0.3 is 0 Å². The van der Waals surface area contributed by atoms with Crippen LogP contribution < -0.4 is 0 Å². The van der Waals surface area contributed by atoms with E-state index < -0.39 is 0 Å². The molecule has 0 N–H and O–H groups in total. The van der Waals surface area contributed by atoms with Crippen molar-refractivity contribution in [3.05, 3.63) is 29.6 Å². The molecular formula is C13H17N3O2. The lowest BCUT2D eigenvalue weighted by molar-refractivity contribution is 0.0664. The highest BCUT2D eigenvalue weighted by atomic mass is 16.5. The van der Waals surface area contributed by atoms with Crippen molar-refractivity contribution in [1.29, 1.82) is 5.26 Å². The minimum atomic E-state index is -0.137. The molecule has 96 valence electrons. The maximum atomic E-state index is 12.1. The van der Waals surface area contributed by atoms with E-state index in [4.69, 9.17) is 10.00 Å². The van der Waals surface area contributed by atoms with Gasteiger partial charge in [-0.1, -0.05) is 0 Å². The third-order valence-electron chi connectivity index (χ3n) is 2.49. The lowest BCUT2D eigenvalue weighted by Crippen LogP contribution is -2.34. The van der Waals surface area contributed by atoms with Crippen LogP contribution in [-0.4, -0.2) is 42.1 Å². The molecule has 0 aliphatic heterocycles. The molecule has 0 aliphatic carbocycles. The fourth-order valence-corrected chi connectivity index (χ4v) is 1.47. The largest absolute Gasteiger partial charge is 0.380 e. The van der Waals surface area contributed by atoms with Crippen LogP contribution in [0, 0.1) is 11.3 Å². The first-order valence-corrected chi connectivity index (χ1v) is 5.96. The predicted octanol–water partition coefficient (Wildman–Crippen LogP) is 1.45. The van der Waals surface area contributed by atoms with E-state index in [9.17, 15) is 4.79 Å². The van der Waals surface area contributed by atoms with Gasteiger partial charge in [-0.15, -0.1) is 0 Å². The summed E-state index contributed by atoms with van der Waals surface area (Å²) in [6.45, 7) is 6.14. The summed E-state index contributed by atoms with van der Waals surface area (Å²) in [7, 11) is 0. The Morgan fingerprint density at radius 3 is 2.78 bits per heavy atom. The molecule has 5 nitrogen and oxygen atoms in total. The van der Waals surface area contributed by atoms with Crippen molar-refractivity contribution in [3.63, 3.8) is 0 Å². The molecule has 0 fully saturated rings. The van der Waals surface area contributed by atoms with Crippen molar-refractivity contribution >= 4 is 5.91 Å². The molecule has 0 aromatic carbocycles. The van der Waals surface area contributed by atoms with Crippen LogP contribution in [0.3, 0.4) is 0 Å². The number of carbonyl (C=O) groups is 1. The number of amides is 1. The zero-order chi connectivity index (χ0) is 13.4. The molecule has 1 aromatic heterocycles. The maximum absolute atomic E-state index is 12.1. The number of carbonyl (C=O) groups excluding carboxylic acids is 1. The number of nitrogens with zero attached hydrogens (tertiary/aromatic N) is 3. The van der Waals surface area contributed by atoms with Gasteiger partial charge in [-0.3, -0.25) is 4.79 Å². The molecule has 0 radical (unpaired) electrons. The van der Waals surface area contributed by atoms with Crippen molar-refractivity contribution in [1.82, 2.24) is 9.88 Å². The van der Waals surface area contributed by atoms with E-state index in [1.54, 1.807) is 17.0 Å². The van der Waals surface area contributed by atoms with Crippen molar-refractivity contribution in [2.24, 2.45) is 0 Å². The Balaban J connectivity index is 2.67. The summed E-state index contributed by atoms with van der Waals surface area (Å²) in [5, 5.41) is 8.66. The second-order valence-corrected chi connectivity index (χ2v) is 3.63. The summed E-state index contributed by atoms with van der Waals surface area (Å²) in [6.07, 6.45) is 1.41. The normalized spacial score (nSPS) is 9.83. The summed E-state index contributed by atoms with van der Waals surface area (Å²) in [5.41, 5.74) is 0.802. The smallest absolute Gasteiger partial charge is 0.272 e. The average molecular weight is 247 g/mol. The van der Waals surface area contributed by atoms with E-state index in [1.165, 1.54) is 6.20 Å². The minimum Gasteiger partial charge on any atom is -0.380 e. The van der Waals surface area contributed by atoms with Crippen LogP contribution in [-0.2, 0) is 4.74 Å². The molecule has 0 unspecified atom stereocenters. The minimum absolute atomic E-state index is 0.137. The van der Waals surface area contributed by atoms with E-state index in [-0.39, 0.29) is 5.91 Å². The zero-order valence-corrected chi connectivity index (χ0v) is 10.7. The molecule has 18 heavy (non-hydrogen) atoms. The molecule has 0 saturated carbocycles. The van der Waals surface area contributed by atoms with Gasteiger partial charge in [-0.2, -0.15) is 5.26 Å². The third-order valence-corrected chi connectivity index (χ3v) is 2.49. The highest BCUT2D eigenvalue weighted by Gasteiger charge is 2.14. The van der Waals surface area contributed by atoms with E-state index >= 15 is 0 Å². The summed E-state index contributed by atoms with van der Waals surface area (Å²) in [6, 6.07) is 5.14. The van der Waals surface area contributed by atoms with Crippen LogP contribution in [0.4, 0.5) is 0 Å². The second-order valence-electron chi connectivity index (χ2n) is 3.63. The van der Waals surface area contributed by atoms with Gasteiger partial charge in [0.1, 0.15) is 11.8 Å². The maximum Gasteiger partial charge on any atom is 0.272 e. The van der Waals surface area contributed by atoms with Crippen LogP contribution in [0.2, 0.25) is 0 Å². The molecule has 5 heteroatoms. The Hall–Kier alpha value is -1.93. The lowest BCUT2D eigenvalue weighted by atomic mass is 10.2. The van der Waals surface area contributed by atoms with Gasteiger partial charge in [0, 0.05) is 25.9 Å². The molecule has 0 spiro atoms. The van der Waals surface area contributed by atoms with Crippen LogP contribution in [0.15, 0.2) is 18.3 Å². The SMILES string of the molecule is CCOCCN(CC)C(=O)c1ccc(C#N)cn1. The molecule has 0 saturated heterocycles. The Kier molecular flexibility index (Phi) is 5.81. The number of nitriles is 1. The number of hydrogen-bond donors (Lipinski definition) is 0. The Labute approximate surface area is 107 Å². The fraction of sp³-hybridized carbons (Fsp3) is 0.462. The molecule has 1 amide bonds. The lowest BCUT2D eigenvalue weighted by Gasteiger charge is -2.20. The summed E-state index contributed by atoms with van der Waals surface area (Å²) >= 11 is 0. The number of pyridine rings is 1. The molecule has 1 rings (SSSR count). The summed E-state index contributed by atoms with van der Waals surface area (Å²) < 4.78 is 5.23. The summed E-state index contributed by atoms with van der Waals surface area (Å²) in [5.74, 6) is -0.137. The highest BCUT2D eigenvalue weighted by molar-refractivity contribution is 5.92. The van der Waals surface area contributed by atoms with E-state index in [0.29, 0.717) is 37.6 Å². The first-order valence-electron chi connectivity index (χ1n) is 5.96. The second kappa shape index (κ2) is 7.41. The molecule has 0 bridgehead atoms. The first-order chi connectivity index (χ1) is 8.72. The number of ether oxygens (including phenoxy) is 1. The highest BCUT2D eigenvalue weighted by Crippen LogP contribution is 2.03. The Bertz CT molecular complexity index is 423. The van der Waals surface area contributed by atoms with Gasteiger partial charge in [0.25, 0.3) is 5.91 Å². The molecule has 1 aromatic rings. The van der Waals surface area contributed by atoms with E-state index in [1.807, 2.05) is 19.9 Å².